The number of hydrogen-bond acceptors (Lipinski definition) is 3. The summed E-state index contributed by atoms with van der Waals surface area (Å²) in [5.74, 6) is -0.737. The monoisotopic (exact) mass is 340 g/mol. The molecule has 0 saturated carbocycles. The number of unbranched alkanes of at least 4 members (excludes halogenated alkanes) is 3. The molecule has 0 rings (SSSR count). The fourth-order valence-electron chi connectivity index (χ4n) is 2.20. The molecule has 0 atom stereocenters. The van der Waals surface area contributed by atoms with Crippen molar-refractivity contribution < 1.29 is 19.4 Å². The summed E-state index contributed by atoms with van der Waals surface area (Å²) in [6, 6.07) is 0. The Morgan fingerprint density at radius 2 is 1.42 bits per heavy atom. The van der Waals surface area contributed by atoms with E-state index < -0.39 is 5.97 Å². The predicted octanol–water partition coefficient (Wildman–Crippen LogP) is 5.48. The van der Waals surface area contributed by atoms with Crippen LogP contribution in [0.25, 0.3) is 0 Å². The first-order valence-corrected chi connectivity index (χ1v) is 9.45. The van der Waals surface area contributed by atoms with E-state index in [0.29, 0.717) is 19.6 Å². The number of ether oxygens (including phenoxy) is 2. The molecule has 0 saturated heterocycles. The maximum absolute atomic E-state index is 10.6. The van der Waals surface area contributed by atoms with Gasteiger partial charge < -0.3 is 14.6 Å². The van der Waals surface area contributed by atoms with Crippen LogP contribution in [0, 0.1) is 0 Å². The Balaban J connectivity index is 3.92. The summed E-state index contributed by atoms with van der Waals surface area (Å²) in [6.07, 6.45) is 17.2. The van der Waals surface area contributed by atoms with Gasteiger partial charge in [0.1, 0.15) is 0 Å². The van der Waals surface area contributed by atoms with Gasteiger partial charge in [-0.2, -0.15) is 0 Å². The van der Waals surface area contributed by atoms with Gasteiger partial charge in [-0.25, -0.2) is 0 Å². The molecule has 0 heterocycles. The number of rotatable bonds is 17. The van der Waals surface area contributed by atoms with Crippen LogP contribution in [-0.4, -0.2) is 30.6 Å². The third-order valence-corrected chi connectivity index (χ3v) is 3.52. The highest BCUT2D eigenvalue weighted by Gasteiger charge is 2.09. The normalized spacial score (nSPS) is 12.0. The number of carboxylic acid groups (broad SMARTS) is 1. The molecule has 0 aromatic rings. The molecule has 0 amide bonds. The highest BCUT2D eigenvalue weighted by atomic mass is 16.7. The van der Waals surface area contributed by atoms with E-state index in [1.54, 1.807) is 0 Å². The van der Waals surface area contributed by atoms with Gasteiger partial charge in [0.05, 0.1) is 13.2 Å². The number of carbonyl (C=O) groups is 1. The van der Waals surface area contributed by atoms with Gasteiger partial charge in [-0.1, -0.05) is 38.2 Å². The Kier molecular flexibility index (Phi) is 17.4. The third-order valence-electron chi connectivity index (χ3n) is 3.52. The topological polar surface area (TPSA) is 55.8 Å². The molecule has 1 N–H and O–H groups in total. The zero-order chi connectivity index (χ0) is 17.9. The van der Waals surface area contributed by atoms with Gasteiger partial charge in [0.15, 0.2) is 6.29 Å². The molecule has 0 aromatic heterocycles. The van der Waals surface area contributed by atoms with Crippen LogP contribution in [0.5, 0.6) is 0 Å². The number of allylic oxidation sites excluding steroid dienone is 4. The fourth-order valence-corrected chi connectivity index (χ4v) is 2.20. The SMILES string of the molecule is CC/C=C\CCCOC(CCCCC(=O)O)OCCC/C=C\CC. The average Bonchev–Trinajstić information content (AvgIpc) is 2.56. The molecule has 0 bridgehead atoms. The van der Waals surface area contributed by atoms with E-state index in [2.05, 4.69) is 38.2 Å². The molecule has 0 fully saturated rings. The van der Waals surface area contributed by atoms with Gasteiger partial charge in [-0.05, 0) is 57.8 Å². The van der Waals surface area contributed by atoms with Crippen molar-refractivity contribution >= 4 is 5.97 Å². The highest BCUT2D eigenvalue weighted by molar-refractivity contribution is 5.66. The zero-order valence-electron chi connectivity index (χ0n) is 15.5. The fraction of sp³-hybridized carbons (Fsp3) is 0.750. The van der Waals surface area contributed by atoms with Gasteiger partial charge in [-0.15, -0.1) is 0 Å². The maximum Gasteiger partial charge on any atom is 0.303 e. The molecule has 140 valence electrons. The molecule has 0 aliphatic heterocycles. The third kappa shape index (κ3) is 17.2. The van der Waals surface area contributed by atoms with Crippen LogP contribution in [0.3, 0.4) is 0 Å². The van der Waals surface area contributed by atoms with Crippen LogP contribution in [0.2, 0.25) is 0 Å². The predicted molar refractivity (Wildman–Crippen MR) is 99.1 cm³/mol. The van der Waals surface area contributed by atoms with Gasteiger partial charge in [0.2, 0.25) is 0 Å². The summed E-state index contributed by atoms with van der Waals surface area (Å²) in [7, 11) is 0. The Morgan fingerprint density at radius 1 is 0.875 bits per heavy atom. The Morgan fingerprint density at radius 3 is 1.88 bits per heavy atom. The number of hydrogen-bond donors (Lipinski definition) is 1. The van der Waals surface area contributed by atoms with Crippen molar-refractivity contribution in [2.75, 3.05) is 13.2 Å². The second kappa shape index (κ2) is 18.2. The van der Waals surface area contributed by atoms with Crippen molar-refractivity contribution in [2.24, 2.45) is 0 Å². The molecule has 0 aliphatic rings. The molecule has 0 aromatic carbocycles. The quantitative estimate of drug-likeness (QED) is 0.216. The van der Waals surface area contributed by atoms with Crippen LogP contribution >= 0.6 is 0 Å². The minimum atomic E-state index is -0.737. The maximum atomic E-state index is 10.6. The minimum absolute atomic E-state index is 0.205. The van der Waals surface area contributed by atoms with E-state index >= 15 is 0 Å². The number of aliphatic carboxylic acids is 1. The molecule has 24 heavy (non-hydrogen) atoms. The standard InChI is InChI=1S/C20H36O4/c1-3-5-7-9-13-17-23-20(16-12-11-15-19(21)22)24-18-14-10-8-6-4-2/h5-8,20H,3-4,9-18H2,1-2H3,(H,21,22)/b7-5-,8-6-. The second-order valence-electron chi connectivity index (χ2n) is 5.85. The van der Waals surface area contributed by atoms with E-state index in [9.17, 15) is 4.79 Å². The van der Waals surface area contributed by atoms with Crippen LogP contribution in [-0.2, 0) is 14.3 Å². The van der Waals surface area contributed by atoms with E-state index in [0.717, 1.165) is 51.4 Å². The lowest BCUT2D eigenvalue weighted by molar-refractivity contribution is -0.148. The van der Waals surface area contributed by atoms with E-state index in [1.807, 2.05) is 0 Å². The van der Waals surface area contributed by atoms with Crippen molar-refractivity contribution in [3.8, 4) is 0 Å². The molecule has 4 heteroatoms. The lowest BCUT2D eigenvalue weighted by Gasteiger charge is -2.18. The van der Waals surface area contributed by atoms with E-state index in [1.165, 1.54) is 0 Å². The van der Waals surface area contributed by atoms with Crippen molar-refractivity contribution in [3.05, 3.63) is 24.3 Å². The summed E-state index contributed by atoms with van der Waals surface area (Å²) < 4.78 is 11.7. The van der Waals surface area contributed by atoms with Crippen molar-refractivity contribution in [2.45, 2.75) is 84.3 Å². The smallest absolute Gasteiger partial charge is 0.303 e. The highest BCUT2D eigenvalue weighted by Crippen LogP contribution is 2.11. The lowest BCUT2D eigenvalue weighted by Crippen LogP contribution is -2.19. The van der Waals surface area contributed by atoms with E-state index in [-0.39, 0.29) is 12.7 Å². The Hall–Kier alpha value is -1.13. The van der Waals surface area contributed by atoms with Crippen molar-refractivity contribution in [1.82, 2.24) is 0 Å². The van der Waals surface area contributed by atoms with Crippen LogP contribution in [0.1, 0.15) is 78.1 Å². The summed E-state index contributed by atoms with van der Waals surface area (Å²) in [4.78, 5) is 10.6. The molecule has 0 unspecified atom stereocenters. The molecule has 0 spiro atoms. The first kappa shape index (κ1) is 22.9. The van der Waals surface area contributed by atoms with Gasteiger partial charge in [-0.3, -0.25) is 4.79 Å². The first-order chi connectivity index (χ1) is 11.7. The number of carboxylic acids is 1. The molecular weight excluding hydrogens is 304 g/mol. The summed E-state index contributed by atoms with van der Waals surface area (Å²) >= 11 is 0. The van der Waals surface area contributed by atoms with Crippen LogP contribution in [0.15, 0.2) is 24.3 Å². The van der Waals surface area contributed by atoms with Gasteiger partial charge >= 0.3 is 5.97 Å². The summed E-state index contributed by atoms with van der Waals surface area (Å²) in [5, 5.41) is 8.69. The molecule has 0 aliphatic carbocycles. The largest absolute Gasteiger partial charge is 0.481 e. The van der Waals surface area contributed by atoms with Gasteiger partial charge in [0.25, 0.3) is 0 Å². The van der Waals surface area contributed by atoms with Crippen LogP contribution < -0.4 is 0 Å². The van der Waals surface area contributed by atoms with Crippen molar-refractivity contribution in [1.29, 1.82) is 0 Å². The second-order valence-corrected chi connectivity index (χ2v) is 5.85. The summed E-state index contributed by atoms with van der Waals surface area (Å²) in [5.41, 5.74) is 0. The lowest BCUT2D eigenvalue weighted by atomic mass is 10.2. The van der Waals surface area contributed by atoms with E-state index in [4.69, 9.17) is 14.6 Å². The molecular formula is C20H36O4. The summed E-state index contributed by atoms with van der Waals surface area (Å²) in [6.45, 7) is 5.63. The van der Waals surface area contributed by atoms with Gasteiger partial charge in [0, 0.05) is 6.42 Å². The van der Waals surface area contributed by atoms with Crippen molar-refractivity contribution in [3.63, 3.8) is 0 Å². The van der Waals surface area contributed by atoms with Crippen LogP contribution in [0.4, 0.5) is 0 Å². The Labute approximate surface area is 147 Å². The molecule has 4 nitrogen and oxygen atoms in total. The first-order valence-electron chi connectivity index (χ1n) is 9.45. The average molecular weight is 341 g/mol. The molecule has 0 radical (unpaired) electrons. The Bertz CT molecular complexity index is 315. The zero-order valence-corrected chi connectivity index (χ0v) is 15.5. The minimum Gasteiger partial charge on any atom is -0.481 e.